The highest BCUT2D eigenvalue weighted by Gasteiger charge is 2.34. The minimum absolute atomic E-state index is 0.0162. The molecule has 0 aliphatic carbocycles. The van der Waals surface area contributed by atoms with Crippen LogP contribution in [0, 0.1) is 0 Å². The molecule has 0 saturated heterocycles. The molecular weight excluding hydrogens is 193 g/mol. The van der Waals surface area contributed by atoms with Crippen molar-refractivity contribution in [3.63, 3.8) is 0 Å². The molecule has 1 aromatic rings. The number of pyridine rings is 1. The van der Waals surface area contributed by atoms with Crippen LogP contribution in [0.5, 0.6) is 0 Å². The van der Waals surface area contributed by atoms with Gasteiger partial charge in [-0.15, -0.1) is 0 Å². The molecule has 2 nitrogen and oxygen atoms in total. The van der Waals surface area contributed by atoms with Gasteiger partial charge < -0.3 is 5.73 Å². The average molecular weight is 204 g/mol. The van der Waals surface area contributed by atoms with Crippen molar-refractivity contribution in [2.75, 3.05) is 6.54 Å². The van der Waals surface area contributed by atoms with Crippen molar-refractivity contribution >= 4 is 0 Å². The van der Waals surface area contributed by atoms with E-state index in [4.69, 9.17) is 5.73 Å². The second kappa shape index (κ2) is 3.96. The topological polar surface area (TPSA) is 38.9 Å². The molecule has 78 valence electrons. The Kier molecular flexibility index (Phi) is 3.10. The minimum Gasteiger partial charge on any atom is -0.330 e. The summed E-state index contributed by atoms with van der Waals surface area (Å²) in [6, 6.07) is 2.30. The predicted molar refractivity (Wildman–Crippen MR) is 46.7 cm³/mol. The van der Waals surface area contributed by atoms with Gasteiger partial charge in [-0.3, -0.25) is 4.98 Å². The van der Waals surface area contributed by atoms with Crippen LogP contribution >= 0.6 is 0 Å². The summed E-state index contributed by atoms with van der Waals surface area (Å²) in [5.41, 5.74) is 4.63. The minimum atomic E-state index is -4.35. The van der Waals surface area contributed by atoms with Gasteiger partial charge in [0.15, 0.2) is 0 Å². The first-order valence-electron chi connectivity index (χ1n) is 4.19. The molecule has 1 heterocycles. The Bertz CT molecular complexity index is 309. The normalized spacial score (nSPS) is 14.1. The van der Waals surface area contributed by atoms with E-state index in [0.717, 1.165) is 6.07 Å². The van der Waals surface area contributed by atoms with Crippen LogP contribution in [0.25, 0.3) is 0 Å². The summed E-state index contributed by atoms with van der Waals surface area (Å²) in [6.45, 7) is 1.78. The maximum absolute atomic E-state index is 12.5. The maximum Gasteiger partial charge on any atom is 0.418 e. The fraction of sp³-hybridized carbons (Fsp3) is 0.444. The summed E-state index contributed by atoms with van der Waals surface area (Å²) in [5.74, 6) is -0.382. The molecule has 0 saturated carbocycles. The first-order chi connectivity index (χ1) is 6.46. The third-order valence-electron chi connectivity index (χ3n) is 1.96. The second-order valence-electron chi connectivity index (χ2n) is 3.07. The molecule has 0 aliphatic rings. The van der Waals surface area contributed by atoms with E-state index in [1.54, 1.807) is 6.92 Å². The van der Waals surface area contributed by atoms with E-state index in [0.29, 0.717) is 0 Å². The number of halogens is 3. The predicted octanol–water partition coefficient (Wildman–Crippen LogP) is 2.16. The fourth-order valence-corrected chi connectivity index (χ4v) is 1.16. The van der Waals surface area contributed by atoms with Crippen molar-refractivity contribution in [3.05, 3.63) is 29.6 Å². The standard InChI is InChI=1S/C9H11F3N2/c1-6(5-13)8-7(9(10,11)12)3-2-4-14-8/h2-4,6H,5,13H2,1H3/t6-/m0/s1. The lowest BCUT2D eigenvalue weighted by atomic mass is 10.0. The number of hydrogen-bond donors (Lipinski definition) is 1. The molecular formula is C9H11F3N2. The van der Waals surface area contributed by atoms with E-state index >= 15 is 0 Å². The van der Waals surface area contributed by atoms with Crippen molar-refractivity contribution in [2.45, 2.75) is 19.0 Å². The maximum atomic E-state index is 12.5. The summed E-state index contributed by atoms with van der Waals surface area (Å²) in [7, 11) is 0. The summed E-state index contributed by atoms with van der Waals surface area (Å²) < 4.78 is 37.4. The van der Waals surface area contributed by atoms with E-state index in [-0.39, 0.29) is 18.2 Å². The Labute approximate surface area is 79.9 Å². The zero-order valence-corrected chi connectivity index (χ0v) is 7.67. The Morgan fingerprint density at radius 3 is 2.64 bits per heavy atom. The van der Waals surface area contributed by atoms with Crippen molar-refractivity contribution in [3.8, 4) is 0 Å². The van der Waals surface area contributed by atoms with Crippen LogP contribution in [0.4, 0.5) is 13.2 Å². The van der Waals surface area contributed by atoms with E-state index in [1.165, 1.54) is 12.3 Å². The highest BCUT2D eigenvalue weighted by atomic mass is 19.4. The monoisotopic (exact) mass is 204 g/mol. The molecule has 0 bridgehead atoms. The van der Waals surface area contributed by atoms with E-state index in [9.17, 15) is 13.2 Å². The second-order valence-corrected chi connectivity index (χ2v) is 3.07. The van der Waals surface area contributed by atoms with Gasteiger partial charge in [0.25, 0.3) is 0 Å². The molecule has 1 atom stereocenters. The van der Waals surface area contributed by atoms with Crippen LogP contribution in [-0.4, -0.2) is 11.5 Å². The first kappa shape index (κ1) is 11.0. The molecule has 0 radical (unpaired) electrons. The molecule has 1 aromatic heterocycles. The van der Waals surface area contributed by atoms with Crippen molar-refractivity contribution in [1.29, 1.82) is 0 Å². The number of hydrogen-bond acceptors (Lipinski definition) is 2. The van der Waals surface area contributed by atoms with Gasteiger partial charge in [0, 0.05) is 18.7 Å². The lowest BCUT2D eigenvalue weighted by Crippen LogP contribution is -2.17. The van der Waals surface area contributed by atoms with Crippen LogP contribution in [0.1, 0.15) is 24.1 Å². The van der Waals surface area contributed by atoms with Crippen LogP contribution < -0.4 is 5.73 Å². The van der Waals surface area contributed by atoms with E-state index < -0.39 is 11.7 Å². The molecule has 0 aliphatic heterocycles. The smallest absolute Gasteiger partial charge is 0.330 e. The molecule has 0 unspecified atom stereocenters. The Balaban J connectivity index is 3.16. The highest BCUT2D eigenvalue weighted by molar-refractivity contribution is 5.25. The number of rotatable bonds is 2. The SMILES string of the molecule is C[C@@H](CN)c1ncccc1C(F)(F)F. The molecule has 2 N–H and O–H groups in total. The van der Waals surface area contributed by atoms with Crippen LogP contribution in [0.15, 0.2) is 18.3 Å². The van der Waals surface area contributed by atoms with Crippen LogP contribution in [0.2, 0.25) is 0 Å². The average Bonchev–Trinajstić information content (AvgIpc) is 2.15. The van der Waals surface area contributed by atoms with Gasteiger partial charge in [-0.25, -0.2) is 0 Å². The van der Waals surface area contributed by atoms with Gasteiger partial charge in [0.05, 0.1) is 11.3 Å². The van der Waals surface area contributed by atoms with Gasteiger partial charge in [-0.1, -0.05) is 6.92 Å². The zero-order chi connectivity index (χ0) is 10.8. The Morgan fingerprint density at radius 2 is 2.14 bits per heavy atom. The quantitative estimate of drug-likeness (QED) is 0.801. The molecule has 0 fully saturated rings. The lowest BCUT2D eigenvalue weighted by molar-refractivity contribution is -0.138. The fourth-order valence-electron chi connectivity index (χ4n) is 1.16. The molecule has 0 amide bonds. The van der Waals surface area contributed by atoms with Gasteiger partial charge in [-0.2, -0.15) is 13.2 Å². The van der Waals surface area contributed by atoms with E-state index in [1.807, 2.05) is 0 Å². The molecule has 14 heavy (non-hydrogen) atoms. The van der Waals surface area contributed by atoms with Gasteiger partial charge in [0.1, 0.15) is 0 Å². The van der Waals surface area contributed by atoms with Crippen LogP contribution in [-0.2, 0) is 6.18 Å². The largest absolute Gasteiger partial charge is 0.418 e. The first-order valence-corrected chi connectivity index (χ1v) is 4.19. The molecule has 1 rings (SSSR count). The van der Waals surface area contributed by atoms with E-state index in [2.05, 4.69) is 4.98 Å². The Morgan fingerprint density at radius 1 is 1.50 bits per heavy atom. The summed E-state index contributed by atoms with van der Waals surface area (Å²) >= 11 is 0. The molecule has 0 aromatic carbocycles. The zero-order valence-electron chi connectivity index (χ0n) is 7.67. The van der Waals surface area contributed by atoms with Gasteiger partial charge in [-0.05, 0) is 12.1 Å². The number of nitrogens with zero attached hydrogens (tertiary/aromatic N) is 1. The Hall–Kier alpha value is -1.10. The summed E-state index contributed by atoms with van der Waals surface area (Å²) in [6.07, 6.45) is -3.01. The van der Waals surface area contributed by atoms with Crippen LogP contribution in [0.3, 0.4) is 0 Å². The van der Waals surface area contributed by atoms with Gasteiger partial charge >= 0.3 is 6.18 Å². The summed E-state index contributed by atoms with van der Waals surface area (Å²) in [4.78, 5) is 3.72. The summed E-state index contributed by atoms with van der Waals surface area (Å²) in [5, 5.41) is 0. The third-order valence-corrected chi connectivity index (χ3v) is 1.96. The lowest BCUT2D eigenvalue weighted by Gasteiger charge is -2.15. The number of aromatic nitrogens is 1. The number of nitrogens with two attached hydrogens (primary N) is 1. The van der Waals surface area contributed by atoms with Crippen molar-refractivity contribution in [2.24, 2.45) is 5.73 Å². The van der Waals surface area contributed by atoms with Gasteiger partial charge in [0.2, 0.25) is 0 Å². The number of alkyl halides is 3. The highest BCUT2D eigenvalue weighted by Crippen LogP contribution is 2.33. The third kappa shape index (κ3) is 2.23. The van der Waals surface area contributed by atoms with Crippen molar-refractivity contribution in [1.82, 2.24) is 4.98 Å². The molecule has 5 heteroatoms. The molecule has 0 spiro atoms. The van der Waals surface area contributed by atoms with Crippen molar-refractivity contribution < 1.29 is 13.2 Å².